The van der Waals surface area contributed by atoms with Crippen molar-refractivity contribution in [1.29, 1.82) is 0 Å². The Balaban J connectivity index is 1.19. The molecule has 0 saturated carbocycles. The van der Waals surface area contributed by atoms with Crippen LogP contribution in [0, 0.1) is 18.6 Å². The van der Waals surface area contributed by atoms with Crippen molar-refractivity contribution in [2.75, 3.05) is 24.5 Å². The number of carbonyl (C=O) groups is 1. The Morgan fingerprint density at radius 2 is 1.88 bits per heavy atom. The van der Waals surface area contributed by atoms with Crippen molar-refractivity contribution in [1.82, 2.24) is 9.88 Å². The molecule has 2 aromatic carbocycles. The van der Waals surface area contributed by atoms with E-state index in [0.717, 1.165) is 5.39 Å². The molecule has 0 radical (unpaired) electrons. The van der Waals surface area contributed by atoms with E-state index in [0.29, 0.717) is 54.9 Å². The van der Waals surface area contributed by atoms with Crippen molar-refractivity contribution in [3.63, 3.8) is 0 Å². The van der Waals surface area contributed by atoms with Crippen LogP contribution in [-0.4, -0.2) is 36.4 Å². The molecule has 1 fully saturated rings. The molecule has 6 nitrogen and oxygen atoms in total. The molecule has 1 aromatic heterocycles. The maximum absolute atomic E-state index is 14.6. The van der Waals surface area contributed by atoms with Gasteiger partial charge in [0.1, 0.15) is 17.7 Å². The van der Waals surface area contributed by atoms with E-state index in [4.69, 9.17) is 4.74 Å². The lowest BCUT2D eigenvalue weighted by Gasteiger charge is -2.15. The number of cyclic esters (lactones) is 1. The second-order valence-electron chi connectivity index (χ2n) is 8.42. The second-order valence-corrected chi connectivity index (χ2v) is 8.42. The molecule has 2 atom stereocenters. The summed E-state index contributed by atoms with van der Waals surface area (Å²) >= 11 is 0. The van der Waals surface area contributed by atoms with Crippen molar-refractivity contribution in [2.45, 2.75) is 31.9 Å². The smallest absolute Gasteiger partial charge is 0.414 e. The predicted octanol–water partition coefficient (Wildman–Crippen LogP) is 3.69. The standard InChI is InChI=1S/C24H23F2N3O3/c1-14-2-5-17(10-20(14)26)28-13-18(32-24(28)31)11-27-9-8-16-12-29-21(30)7-4-15-3-6-19(25)22(16)23(15)29/h2-7,10,16,18,27H,8-9,11-13H2,1H3/t16?,18-/m1/s1. The van der Waals surface area contributed by atoms with Crippen molar-refractivity contribution < 1.29 is 18.3 Å². The van der Waals surface area contributed by atoms with Gasteiger partial charge in [-0.2, -0.15) is 0 Å². The zero-order valence-electron chi connectivity index (χ0n) is 17.6. The molecule has 0 aliphatic carbocycles. The molecule has 1 unspecified atom stereocenters. The van der Waals surface area contributed by atoms with E-state index in [9.17, 15) is 18.4 Å². The van der Waals surface area contributed by atoms with Gasteiger partial charge in [-0.3, -0.25) is 9.69 Å². The fourth-order valence-electron chi connectivity index (χ4n) is 4.64. The highest BCUT2D eigenvalue weighted by molar-refractivity contribution is 5.89. The minimum absolute atomic E-state index is 0.0977. The zero-order chi connectivity index (χ0) is 22.4. The molecular weight excluding hydrogens is 416 g/mol. The molecule has 1 N–H and O–H groups in total. The number of aromatic nitrogens is 1. The third-order valence-electron chi connectivity index (χ3n) is 6.33. The lowest BCUT2D eigenvalue weighted by atomic mass is 9.96. The summed E-state index contributed by atoms with van der Waals surface area (Å²) in [5, 5.41) is 4.14. The number of halogens is 2. The van der Waals surface area contributed by atoms with E-state index in [1.165, 1.54) is 23.1 Å². The van der Waals surface area contributed by atoms with Gasteiger partial charge in [0, 0.05) is 30.6 Å². The SMILES string of the molecule is Cc1ccc(N2C[C@@H](CNCCC3Cn4c(=O)ccc5ccc(F)c3c54)OC2=O)cc1F. The van der Waals surface area contributed by atoms with Gasteiger partial charge in [-0.05, 0) is 61.2 Å². The Morgan fingerprint density at radius 1 is 1.06 bits per heavy atom. The second kappa shape index (κ2) is 8.02. The first kappa shape index (κ1) is 20.6. The fraction of sp³-hybridized carbons (Fsp3) is 0.333. The summed E-state index contributed by atoms with van der Waals surface area (Å²) in [4.78, 5) is 25.9. The third kappa shape index (κ3) is 3.54. The topological polar surface area (TPSA) is 63.6 Å². The quantitative estimate of drug-likeness (QED) is 0.595. The number of ether oxygens (including phenoxy) is 1. The number of hydrogen-bond acceptors (Lipinski definition) is 4. The molecule has 5 rings (SSSR count). The Kier molecular flexibility index (Phi) is 5.17. The molecule has 1 saturated heterocycles. The largest absolute Gasteiger partial charge is 0.443 e. The number of rotatable bonds is 6. The molecule has 3 heterocycles. The van der Waals surface area contributed by atoms with Gasteiger partial charge in [0.15, 0.2) is 0 Å². The highest BCUT2D eigenvalue weighted by Crippen LogP contribution is 2.36. The molecule has 3 aromatic rings. The normalized spacial score (nSPS) is 19.7. The van der Waals surface area contributed by atoms with E-state index in [1.807, 2.05) is 0 Å². The van der Waals surface area contributed by atoms with Crippen LogP contribution in [0.1, 0.15) is 23.5 Å². The van der Waals surface area contributed by atoms with Crippen molar-refractivity contribution in [3.05, 3.63) is 75.6 Å². The maximum Gasteiger partial charge on any atom is 0.414 e. The Bertz CT molecular complexity index is 1270. The lowest BCUT2D eigenvalue weighted by Crippen LogP contribution is -2.32. The fourth-order valence-corrected chi connectivity index (χ4v) is 4.64. The van der Waals surface area contributed by atoms with Gasteiger partial charge in [-0.25, -0.2) is 13.6 Å². The number of nitrogens with one attached hydrogen (secondary N) is 1. The van der Waals surface area contributed by atoms with Crippen LogP contribution < -0.4 is 15.8 Å². The van der Waals surface area contributed by atoms with E-state index in [-0.39, 0.29) is 29.2 Å². The van der Waals surface area contributed by atoms with Gasteiger partial charge in [-0.1, -0.05) is 6.07 Å². The molecule has 1 amide bonds. The monoisotopic (exact) mass is 439 g/mol. The molecule has 166 valence electrons. The minimum atomic E-state index is -0.501. The van der Waals surface area contributed by atoms with Crippen LogP contribution in [0.3, 0.4) is 0 Å². The average Bonchev–Trinajstić information content (AvgIpc) is 3.34. The first-order valence-electron chi connectivity index (χ1n) is 10.7. The lowest BCUT2D eigenvalue weighted by molar-refractivity contribution is 0.140. The number of carbonyl (C=O) groups excluding carboxylic acids is 1. The van der Waals surface area contributed by atoms with Crippen LogP contribution in [0.5, 0.6) is 0 Å². The molecule has 0 spiro atoms. The number of hydrogen-bond donors (Lipinski definition) is 1. The van der Waals surface area contributed by atoms with E-state index in [1.54, 1.807) is 35.8 Å². The first-order chi connectivity index (χ1) is 15.4. The van der Waals surface area contributed by atoms with Crippen molar-refractivity contribution in [2.24, 2.45) is 0 Å². The number of nitrogens with zero attached hydrogens (tertiary/aromatic N) is 2. The van der Waals surface area contributed by atoms with Crippen molar-refractivity contribution in [3.8, 4) is 0 Å². The number of aryl methyl sites for hydroxylation is 1. The molecule has 2 aliphatic heterocycles. The summed E-state index contributed by atoms with van der Waals surface area (Å²) in [6.45, 7) is 3.46. The van der Waals surface area contributed by atoms with Gasteiger partial charge in [0.25, 0.3) is 5.56 Å². The number of benzene rings is 2. The summed E-state index contributed by atoms with van der Waals surface area (Å²) in [6, 6.07) is 11.1. The summed E-state index contributed by atoms with van der Waals surface area (Å²) in [7, 11) is 0. The van der Waals surface area contributed by atoms with E-state index >= 15 is 0 Å². The number of amides is 1. The molecular formula is C24H23F2N3O3. The van der Waals surface area contributed by atoms with Gasteiger partial charge in [0.2, 0.25) is 0 Å². The minimum Gasteiger partial charge on any atom is -0.443 e. The van der Waals surface area contributed by atoms with Gasteiger partial charge in [-0.15, -0.1) is 0 Å². The summed E-state index contributed by atoms with van der Waals surface area (Å²) in [5.74, 6) is -0.750. The summed E-state index contributed by atoms with van der Waals surface area (Å²) in [5.41, 5.74) is 2.15. The van der Waals surface area contributed by atoms with Crippen LogP contribution in [0.25, 0.3) is 10.9 Å². The number of anilines is 1. The summed E-state index contributed by atoms with van der Waals surface area (Å²) < 4.78 is 35.5. The highest BCUT2D eigenvalue weighted by atomic mass is 19.1. The molecule has 32 heavy (non-hydrogen) atoms. The first-order valence-corrected chi connectivity index (χ1v) is 10.7. The Labute approximate surface area is 183 Å². The summed E-state index contributed by atoms with van der Waals surface area (Å²) in [6.07, 6.45) is -0.222. The van der Waals surface area contributed by atoms with E-state index in [2.05, 4.69) is 5.32 Å². The predicted molar refractivity (Wildman–Crippen MR) is 117 cm³/mol. The molecule has 2 aliphatic rings. The van der Waals surface area contributed by atoms with Gasteiger partial charge >= 0.3 is 6.09 Å². The maximum atomic E-state index is 14.6. The highest BCUT2D eigenvalue weighted by Gasteiger charge is 2.33. The Hall–Kier alpha value is -3.26. The van der Waals surface area contributed by atoms with Crippen LogP contribution in [0.15, 0.2) is 47.3 Å². The van der Waals surface area contributed by atoms with Crippen LogP contribution >= 0.6 is 0 Å². The molecule has 8 heteroatoms. The zero-order valence-corrected chi connectivity index (χ0v) is 17.6. The Morgan fingerprint density at radius 3 is 2.69 bits per heavy atom. The van der Waals surface area contributed by atoms with Crippen LogP contribution in [0.2, 0.25) is 0 Å². The van der Waals surface area contributed by atoms with Crippen molar-refractivity contribution >= 4 is 22.7 Å². The van der Waals surface area contributed by atoms with Gasteiger partial charge < -0.3 is 14.6 Å². The molecule has 0 bridgehead atoms. The van der Waals surface area contributed by atoms with Crippen LogP contribution in [0.4, 0.5) is 19.3 Å². The van der Waals surface area contributed by atoms with Crippen LogP contribution in [-0.2, 0) is 11.3 Å². The van der Waals surface area contributed by atoms with E-state index < -0.39 is 6.09 Å². The number of pyridine rings is 1. The third-order valence-corrected chi connectivity index (χ3v) is 6.33. The average molecular weight is 439 g/mol. The van der Waals surface area contributed by atoms with Gasteiger partial charge in [0.05, 0.1) is 17.7 Å².